The van der Waals surface area contributed by atoms with Gasteiger partial charge in [0.05, 0.1) is 24.3 Å². The average molecular weight is 530 g/mol. The van der Waals surface area contributed by atoms with Crippen molar-refractivity contribution in [2.75, 3.05) is 6.54 Å². The molecule has 2 heterocycles. The standard InChI is InChI=1S/C31H43N7O/c1-23(2)19-28(29-20-26(36-39-29)16-15-24-11-7-5-8-12-24)33-22-31(3,4)21-27(32)30-34-37-38(35-30)18-17-25-13-9-6-10-14-25/h5-14,20,23,27-28,33H,15-19,21-22,32H2,1-4H3/t27-,28-/m0/s1. The van der Waals surface area contributed by atoms with Crippen LogP contribution in [0.4, 0.5) is 0 Å². The van der Waals surface area contributed by atoms with Crippen LogP contribution in [0.5, 0.6) is 0 Å². The van der Waals surface area contributed by atoms with Gasteiger partial charge in [-0.25, -0.2) is 0 Å². The Morgan fingerprint density at radius 3 is 2.28 bits per heavy atom. The topological polar surface area (TPSA) is 108 Å². The minimum absolute atomic E-state index is 0.0830. The molecule has 0 aliphatic carbocycles. The number of hydrogen-bond donors (Lipinski definition) is 2. The van der Waals surface area contributed by atoms with Gasteiger partial charge in [-0.1, -0.05) is 93.5 Å². The van der Waals surface area contributed by atoms with Crippen LogP contribution >= 0.6 is 0 Å². The Balaban J connectivity index is 1.30. The molecular weight excluding hydrogens is 486 g/mol. The zero-order chi connectivity index (χ0) is 27.7. The highest BCUT2D eigenvalue weighted by molar-refractivity contribution is 5.18. The lowest BCUT2D eigenvalue weighted by Crippen LogP contribution is -2.35. The second-order valence-electron chi connectivity index (χ2n) is 11.7. The maximum absolute atomic E-state index is 6.55. The van der Waals surface area contributed by atoms with Crippen LogP contribution in [0.15, 0.2) is 71.3 Å². The highest BCUT2D eigenvalue weighted by atomic mass is 16.5. The van der Waals surface area contributed by atoms with Gasteiger partial charge >= 0.3 is 0 Å². The van der Waals surface area contributed by atoms with Gasteiger partial charge in [-0.3, -0.25) is 0 Å². The summed E-state index contributed by atoms with van der Waals surface area (Å²) in [5, 5.41) is 21.1. The van der Waals surface area contributed by atoms with Gasteiger partial charge in [0.1, 0.15) is 0 Å². The van der Waals surface area contributed by atoms with E-state index in [4.69, 9.17) is 10.3 Å². The Bertz CT molecular complexity index is 1250. The number of rotatable bonds is 15. The third kappa shape index (κ3) is 9.11. The molecule has 0 unspecified atom stereocenters. The van der Waals surface area contributed by atoms with Crippen LogP contribution in [0.1, 0.15) is 81.0 Å². The summed E-state index contributed by atoms with van der Waals surface area (Å²) in [5.41, 5.74) is 10.0. The fraction of sp³-hybridized carbons (Fsp3) is 0.484. The molecule has 2 aromatic heterocycles. The number of nitrogens with zero attached hydrogens (tertiary/aromatic N) is 5. The second kappa shape index (κ2) is 13.6. The SMILES string of the molecule is CC(C)C[C@H](NCC(C)(C)C[C@H](N)c1nnn(CCc2ccccc2)n1)c1cc(CCc2ccccc2)no1. The molecule has 208 valence electrons. The monoisotopic (exact) mass is 529 g/mol. The fourth-order valence-electron chi connectivity index (χ4n) is 4.83. The predicted molar refractivity (Wildman–Crippen MR) is 154 cm³/mol. The lowest BCUT2D eigenvalue weighted by Gasteiger charge is -2.29. The van der Waals surface area contributed by atoms with Gasteiger partial charge in [-0.05, 0) is 59.8 Å². The molecule has 0 fully saturated rings. The van der Waals surface area contributed by atoms with Crippen LogP contribution in [0.25, 0.3) is 0 Å². The van der Waals surface area contributed by atoms with Gasteiger partial charge in [-0.15, -0.1) is 10.2 Å². The number of nitrogens with one attached hydrogen (secondary N) is 1. The Hall–Kier alpha value is -3.36. The van der Waals surface area contributed by atoms with E-state index in [9.17, 15) is 0 Å². The largest absolute Gasteiger partial charge is 0.359 e. The van der Waals surface area contributed by atoms with Crippen LogP contribution in [0.3, 0.4) is 0 Å². The molecule has 0 bridgehead atoms. The van der Waals surface area contributed by atoms with Crippen molar-refractivity contribution >= 4 is 0 Å². The molecule has 2 atom stereocenters. The first kappa shape index (κ1) is 28.6. The molecule has 4 aromatic rings. The summed E-state index contributed by atoms with van der Waals surface area (Å²) in [6.07, 6.45) is 4.37. The molecule has 0 saturated heterocycles. The number of benzene rings is 2. The summed E-state index contributed by atoms with van der Waals surface area (Å²) >= 11 is 0. The summed E-state index contributed by atoms with van der Waals surface area (Å²) in [4.78, 5) is 1.64. The first-order valence-corrected chi connectivity index (χ1v) is 14.1. The first-order chi connectivity index (χ1) is 18.8. The molecule has 0 radical (unpaired) electrons. The van der Waals surface area contributed by atoms with Crippen molar-refractivity contribution in [1.82, 2.24) is 30.7 Å². The molecule has 4 rings (SSSR count). The number of aryl methyl sites for hydroxylation is 4. The maximum Gasteiger partial charge on any atom is 0.191 e. The Morgan fingerprint density at radius 2 is 1.62 bits per heavy atom. The summed E-state index contributed by atoms with van der Waals surface area (Å²) in [6.45, 7) is 10.4. The zero-order valence-corrected chi connectivity index (χ0v) is 23.8. The van der Waals surface area contributed by atoms with Gasteiger partial charge in [0, 0.05) is 12.6 Å². The third-order valence-corrected chi connectivity index (χ3v) is 6.98. The number of aromatic nitrogens is 5. The molecule has 39 heavy (non-hydrogen) atoms. The van der Waals surface area contributed by atoms with Gasteiger partial charge in [0.15, 0.2) is 11.6 Å². The van der Waals surface area contributed by atoms with E-state index in [0.717, 1.165) is 50.1 Å². The normalized spacial score (nSPS) is 13.6. The van der Waals surface area contributed by atoms with Crippen molar-refractivity contribution in [2.45, 2.75) is 78.4 Å². The maximum atomic E-state index is 6.55. The summed E-state index contributed by atoms with van der Waals surface area (Å²) < 4.78 is 5.82. The summed E-state index contributed by atoms with van der Waals surface area (Å²) in [5.74, 6) is 2.00. The van der Waals surface area contributed by atoms with Crippen LogP contribution in [-0.2, 0) is 25.8 Å². The van der Waals surface area contributed by atoms with E-state index in [1.807, 2.05) is 24.3 Å². The molecule has 8 heteroatoms. The quantitative estimate of drug-likeness (QED) is 0.210. The Labute approximate surface area is 232 Å². The molecule has 0 spiro atoms. The van der Waals surface area contributed by atoms with Crippen molar-refractivity contribution in [2.24, 2.45) is 17.1 Å². The third-order valence-electron chi connectivity index (χ3n) is 6.98. The fourth-order valence-corrected chi connectivity index (χ4v) is 4.83. The van der Waals surface area contributed by atoms with Gasteiger partial charge in [-0.2, -0.15) is 4.80 Å². The van der Waals surface area contributed by atoms with Crippen molar-refractivity contribution < 1.29 is 4.52 Å². The lowest BCUT2D eigenvalue weighted by atomic mass is 9.85. The molecular formula is C31H43N7O. The number of nitrogens with two attached hydrogens (primary N) is 1. The second-order valence-corrected chi connectivity index (χ2v) is 11.7. The molecule has 0 aliphatic heterocycles. The van der Waals surface area contributed by atoms with Crippen LogP contribution < -0.4 is 11.1 Å². The van der Waals surface area contributed by atoms with Crippen molar-refractivity contribution in [3.8, 4) is 0 Å². The highest BCUT2D eigenvalue weighted by Gasteiger charge is 2.27. The molecule has 0 amide bonds. The van der Waals surface area contributed by atoms with E-state index in [2.05, 4.69) is 96.0 Å². The van der Waals surface area contributed by atoms with Crippen LogP contribution in [0.2, 0.25) is 0 Å². The molecule has 8 nitrogen and oxygen atoms in total. The minimum atomic E-state index is -0.286. The van der Waals surface area contributed by atoms with Gasteiger partial charge < -0.3 is 15.6 Å². The smallest absolute Gasteiger partial charge is 0.191 e. The molecule has 3 N–H and O–H groups in total. The van der Waals surface area contributed by atoms with Crippen LogP contribution in [0, 0.1) is 11.3 Å². The van der Waals surface area contributed by atoms with Crippen LogP contribution in [-0.4, -0.2) is 31.9 Å². The van der Waals surface area contributed by atoms with E-state index in [1.54, 1.807) is 4.80 Å². The average Bonchev–Trinajstić information content (AvgIpc) is 3.60. The lowest BCUT2D eigenvalue weighted by molar-refractivity contribution is 0.244. The molecule has 2 aromatic carbocycles. The van der Waals surface area contributed by atoms with Gasteiger partial charge in [0.2, 0.25) is 0 Å². The van der Waals surface area contributed by atoms with E-state index in [0.29, 0.717) is 18.3 Å². The number of tetrazole rings is 1. The minimum Gasteiger partial charge on any atom is -0.359 e. The summed E-state index contributed by atoms with van der Waals surface area (Å²) in [7, 11) is 0. The highest BCUT2D eigenvalue weighted by Crippen LogP contribution is 2.29. The summed E-state index contributed by atoms with van der Waals surface area (Å²) in [6, 6.07) is 22.7. The van der Waals surface area contributed by atoms with Gasteiger partial charge in [0.25, 0.3) is 0 Å². The Kier molecular flexibility index (Phi) is 10.0. The molecule has 0 aliphatic rings. The zero-order valence-electron chi connectivity index (χ0n) is 23.8. The number of hydrogen-bond acceptors (Lipinski definition) is 7. The van der Waals surface area contributed by atoms with Crippen molar-refractivity contribution in [3.63, 3.8) is 0 Å². The van der Waals surface area contributed by atoms with E-state index in [1.165, 1.54) is 11.1 Å². The van der Waals surface area contributed by atoms with E-state index in [-0.39, 0.29) is 17.5 Å². The Morgan fingerprint density at radius 1 is 0.949 bits per heavy atom. The first-order valence-electron chi connectivity index (χ1n) is 14.1. The van der Waals surface area contributed by atoms with E-state index < -0.39 is 0 Å². The predicted octanol–water partition coefficient (Wildman–Crippen LogP) is 5.48. The van der Waals surface area contributed by atoms with E-state index >= 15 is 0 Å². The molecule has 0 saturated carbocycles. The van der Waals surface area contributed by atoms with Crippen molar-refractivity contribution in [3.05, 3.63) is 95.1 Å². The van der Waals surface area contributed by atoms with Crippen molar-refractivity contribution in [1.29, 1.82) is 0 Å².